The molecule has 0 unspecified atom stereocenters. The third-order valence-corrected chi connectivity index (χ3v) is 4.26. The molecule has 2 aromatic rings. The van der Waals surface area contributed by atoms with E-state index in [0.29, 0.717) is 5.56 Å². The van der Waals surface area contributed by atoms with E-state index in [4.69, 9.17) is 17.3 Å². The van der Waals surface area contributed by atoms with Gasteiger partial charge in [-0.25, -0.2) is 17.8 Å². The highest BCUT2D eigenvalue weighted by atomic mass is 35.5. The average Bonchev–Trinajstić information content (AvgIpc) is 2.37. The maximum absolute atomic E-state index is 13.1. The third kappa shape index (κ3) is 2.83. The Balaban J connectivity index is 2.43. The number of benzene rings is 1. The monoisotopic (exact) mass is 315 g/mol. The second-order valence-electron chi connectivity index (χ2n) is 4.08. The van der Waals surface area contributed by atoms with Crippen LogP contribution in [0.15, 0.2) is 35.4 Å². The smallest absolute Gasteiger partial charge is 0.262 e. The maximum atomic E-state index is 13.1. The van der Waals surface area contributed by atoms with Gasteiger partial charge in [0.15, 0.2) is 5.15 Å². The van der Waals surface area contributed by atoms with Gasteiger partial charge in [0.1, 0.15) is 5.82 Å². The summed E-state index contributed by atoms with van der Waals surface area (Å²) in [7, 11) is -3.92. The Morgan fingerprint density at radius 1 is 1.35 bits per heavy atom. The van der Waals surface area contributed by atoms with Crippen molar-refractivity contribution in [3.63, 3.8) is 0 Å². The molecule has 3 N–H and O–H groups in total. The van der Waals surface area contributed by atoms with Gasteiger partial charge >= 0.3 is 0 Å². The number of nitrogens with zero attached hydrogens (tertiary/aromatic N) is 1. The largest absolute Gasteiger partial charge is 0.396 e. The molecule has 0 amide bonds. The predicted octanol–water partition coefficient (Wildman–Crippen LogP) is 2.57. The van der Waals surface area contributed by atoms with Gasteiger partial charge in [-0.05, 0) is 36.8 Å². The zero-order valence-corrected chi connectivity index (χ0v) is 12.0. The highest BCUT2D eigenvalue weighted by molar-refractivity contribution is 7.92. The molecule has 0 bridgehead atoms. The van der Waals surface area contributed by atoms with Crippen LogP contribution in [0.25, 0.3) is 0 Å². The lowest BCUT2D eigenvalue weighted by molar-refractivity contribution is 0.600. The molecule has 106 valence electrons. The first-order valence-electron chi connectivity index (χ1n) is 5.50. The standard InChI is InChI=1S/C12H11ClFN3O2S/c1-7-4-5-16-12(13)11(7)17-20(18,19)8-2-3-9(14)10(15)6-8/h2-6,17H,15H2,1H3. The number of aromatic nitrogens is 1. The summed E-state index contributed by atoms with van der Waals surface area (Å²) in [6.45, 7) is 1.68. The molecule has 20 heavy (non-hydrogen) atoms. The first kappa shape index (κ1) is 14.5. The van der Waals surface area contributed by atoms with E-state index in [1.54, 1.807) is 13.0 Å². The Morgan fingerprint density at radius 2 is 2.05 bits per heavy atom. The van der Waals surface area contributed by atoms with E-state index in [9.17, 15) is 12.8 Å². The van der Waals surface area contributed by atoms with E-state index in [1.165, 1.54) is 6.20 Å². The predicted molar refractivity (Wildman–Crippen MR) is 75.6 cm³/mol. The lowest BCUT2D eigenvalue weighted by Crippen LogP contribution is -2.15. The van der Waals surface area contributed by atoms with Crippen LogP contribution in [0.5, 0.6) is 0 Å². The van der Waals surface area contributed by atoms with Gasteiger partial charge in [-0.2, -0.15) is 0 Å². The van der Waals surface area contributed by atoms with Gasteiger partial charge in [0.25, 0.3) is 10.0 Å². The number of pyridine rings is 1. The third-order valence-electron chi connectivity index (χ3n) is 2.63. The molecular formula is C12H11ClFN3O2S. The summed E-state index contributed by atoms with van der Waals surface area (Å²) in [5, 5.41) is 0.0312. The molecule has 0 saturated heterocycles. The van der Waals surface area contributed by atoms with E-state index < -0.39 is 15.8 Å². The summed E-state index contributed by atoms with van der Waals surface area (Å²) in [5.41, 5.74) is 5.91. The van der Waals surface area contributed by atoms with Crippen LogP contribution < -0.4 is 10.5 Å². The number of sulfonamides is 1. The fourth-order valence-corrected chi connectivity index (χ4v) is 3.01. The molecule has 0 saturated carbocycles. The van der Waals surface area contributed by atoms with Crippen molar-refractivity contribution >= 4 is 33.0 Å². The second-order valence-corrected chi connectivity index (χ2v) is 6.12. The number of halogens is 2. The molecule has 1 aromatic heterocycles. The molecule has 1 heterocycles. The van der Waals surface area contributed by atoms with E-state index in [0.717, 1.165) is 18.2 Å². The molecule has 0 spiro atoms. The van der Waals surface area contributed by atoms with Crippen LogP contribution in [0, 0.1) is 12.7 Å². The molecule has 0 atom stereocenters. The van der Waals surface area contributed by atoms with Crippen LogP contribution in [0.4, 0.5) is 15.8 Å². The number of nitrogen functional groups attached to an aromatic ring is 1. The fourth-order valence-electron chi connectivity index (χ4n) is 1.53. The van der Waals surface area contributed by atoms with Crippen molar-refractivity contribution in [1.29, 1.82) is 0 Å². The van der Waals surface area contributed by atoms with Crippen molar-refractivity contribution in [3.05, 3.63) is 47.0 Å². The van der Waals surface area contributed by atoms with Crippen LogP contribution in [-0.2, 0) is 10.0 Å². The minimum Gasteiger partial charge on any atom is -0.396 e. The van der Waals surface area contributed by atoms with Crippen LogP contribution >= 0.6 is 11.6 Å². The summed E-state index contributed by atoms with van der Waals surface area (Å²) in [5.74, 6) is -0.681. The normalized spacial score (nSPS) is 11.3. The number of anilines is 2. The molecule has 0 radical (unpaired) electrons. The number of hydrogen-bond donors (Lipinski definition) is 2. The molecule has 1 aromatic carbocycles. The second kappa shape index (κ2) is 5.26. The summed E-state index contributed by atoms with van der Waals surface area (Å²) in [6.07, 6.45) is 1.46. The minimum atomic E-state index is -3.92. The van der Waals surface area contributed by atoms with Crippen molar-refractivity contribution in [3.8, 4) is 0 Å². The van der Waals surface area contributed by atoms with Gasteiger partial charge in [-0.3, -0.25) is 4.72 Å². The molecule has 0 aliphatic heterocycles. The van der Waals surface area contributed by atoms with Gasteiger partial charge in [-0.1, -0.05) is 11.6 Å². The maximum Gasteiger partial charge on any atom is 0.262 e. The Morgan fingerprint density at radius 3 is 2.65 bits per heavy atom. The molecule has 0 aliphatic rings. The quantitative estimate of drug-likeness (QED) is 0.673. The Bertz CT molecular complexity index is 745. The number of nitrogens with one attached hydrogen (secondary N) is 1. The molecule has 2 rings (SSSR count). The van der Waals surface area contributed by atoms with E-state index in [2.05, 4.69) is 9.71 Å². The zero-order chi connectivity index (χ0) is 14.9. The van der Waals surface area contributed by atoms with Gasteiger partial charge < -0.3 is 5.73 Å². The van der Waals surface area contributed by atoms with Gasteiger partial charge in [0.2, 0.25) is 0 Å². The molecule has 5 nitrogen and oxygen atoms in total. The van der Waals surface area contributed by atoms with E-state index in [1.807, 2.05) is 0 Å². The van der Waals surface area contributed by atoms with Crippen LogP contribution in [0.2, 0.25) is 5.15 Å². The van der Waals surface area contributed by atoms with Crippen molar-refractivity contribution in [2.45, 2.75) is 11.8 Å². The highest BCUT2D eigenvalue weighted by Gasteiger charge is 2.18. The van der Waals surface area contributed by atoms with Crippen molar-refractivity contribution < 1.29 is 12.8 Å². The summed E-state index contributed by atoms with van der Waals surface area (Å²) < 4.78 is 39.8. The molecule has 0 fully saturated rings. The lowest BCUT2D eigenvalue weighted by atomic mass is 10.3. The summed E-state index contributed by atoms with van der Waals surface area (Å²) in [4.78, 5) is 3.65. The van der Waals surface area contributed by atoms with E-state index >= 15 is 0 Å². The lowest BCUT2D eigenvalue weighted by Gasteiger charge is -2.11. The van der Waals surface area contributed by atoms with Gasteiger partial charge in [0.05, 0.1) is 16.3 Å². The zero-order valence-electron chi connectivity index (χ0n) is 10.4. The summed E-state index contributed by atoms with van der Waals surface area (Å²) in [6, 6.07) is 4.76. The molecular weight excluding hydrogens is 305 g/mol. The van der Waals surface area contributed by atoms with Crippen molar-refractivity contribution in [2.75, 3.05) is 10.5 Å². The number of rotatable bonds is 3. The topological polar surface area (TPSA) is 85.1 Å². The van der Waals surface area contributed by atoms with Crippen LogP contribution in [-0.4, -0.2) is 13.4 Å². The molecule has 0 aliphatic carbocycles. The Labute approximate surface area is 120 Å². The van der Waals surface area contributed by atoms with Crippen LogP contribution in [0.1, 0.15) is 5.56 Å². The van der Waals surface area contributed by atoms with Gasteiger partial charge in [-0.15, -0.1) is 0 Å². The first-order chi connectivity index (χ1) is 9.31. The average molecular weight is 316 g/mol. The minimum absolute atomic E-state index is 0.0312. The SMILES string of the molecule is Cc1ccnc(Cl)c1NS(=O)(=O)c1ccc(F)c(N)c1. The highest BCUT2D eigenvalue weighted by Crippen LogP contribution is 2.26. The fraction of sp³-hybridized carbons (Fsp3) is 0.0833. The van der Waals surface area contributed by atoms with Crippen LogP contribution in [0.3, 0.4) is 0 Å². The molecule has 8 heteroatoms. The Kier molecular flexibility index (Phi) is 3.82. The van der Waals surface area contributed by atoms with Gasteiger partial charge in [0, 0.05) is 6.20 Å². The number of hydrogen-bond acceptors (Lipinski definition) is 4. The summed E-state index contributed by atoms with van der Waals surface area (Å²) >= 11 is 5.86. The number of nitrogens with two attached hydrogens (primary N) is 1. The van der Waals surface area contributed by atoms with Crippen molar-refractivity contribution in [2.24, 2.45) is 0 Å². The Hall–Kier alpha value is -1.86. The first-order valence-corrected chi connectivity index (χ1v) is 7.36. The van der Waals surface area contributed by atoms with E-state index in [-0.39, 0.29) is 21.4 Å². The van der Waals surface area contributed by atoms with Crippen molar-refractivity contribution in [1.82, 2.24) is 4.98 Å². The number of aryl methyl sites for hydroxylation is 1.